The normalized spacial score (nSPS) is 10.3. The van der Waals surface area contributed by atoms with Gasteiger partial charge in [-0.3, -0.25) is 4.79 Å². The SMILES string of the molecule is O=C(CCCCl)Nc1nc(-c2ccccc2)cs1. The first-order valence-corrected chi connectivity index (χ1v) is 7.08. The van der Waals surface area contributed by atoms with Gasteiger partial charge >= 0.3 is 0 Å². The summed E-state index contributed by atoms with van der Waals surface area (Å²) < 4.78 is 0. The summed E-state index contributed by atoms with van der Waals surface area (Å²) in [6, 6.07) is 9.88. The monoisotopic (exact) mass is 280 g/mol. The van der Waals surface area contributed by atoms with Crippen LogP contribution in [0.15, 0.2) is 35.7 Å². The van der Waals surface area contributed by atoms with Gasteiger partial charge in [0.1, 0.15) is 0 Å². The first kappa shape index (κ1) is 13.1. The standard InChI is InChI=1S/C13H13ClN2OS/c14-8-4-7-12(17)16-13-15-11(9-18-13)10-5-2-1-3-6-10/h1-3,5-6,9H,4,7-8H2,(H,15,16,17). The summed E-state index contributed by atoms with van der Waals surface area (Å²) in [6.45, 7) is 0. The van der Waals surface area contributed by atoms with Crippen molar-refractivity contribution in [2.24, 2.45) is 0 Å². The molecule has 0 spiro atoms. The third-order valence-electron chi connectivity index (χ3n) is 2.36. The molecule has 5 heteroatoms. The maximum absolute atomic E-state index is 11.5. The van der Waals surface area contributed by atoms with E-state index in [0.29, 0.717) is 23.9 Å². The lowest BCUT2D eigenvalue weighted by Gasteiger charge is -1.99. The molecule has 2 aromatic rings. The van der Waals surface area contributed by atoms with Crippen molar-refractivity contribution in [1.82, 2.24) is 4.98 Å². The molecule has 0 bridgehead atoms. The van der Waals surface area contributed by atoms with Gasteiger partial charge in [0.25, 0.3) is 0 Å². The zero-order valence-corrected chi connectivity index (χ0v) is 11.3. The molecular weight excluding hydrogens is 268 g/mol. The Morgan fingerprint density at radius 1 is 1.33 bits per heavy atom. The summed E-state index contributed by atoms with van der Waals surface area (Å²) >= 11 is 6.97. The molecule has 0 radical (unpaired) electrons. The fourth-order valence-corrected chi connectivity index (χ4v) is 2.35. The summed E-state index contributed by atoms with van der Waals surface area (Å²) in [5.74, 6) is 0.463. The second-order valence-corrected chi connectivity index (χ2v) is 4.98. The molecule has 0 aliphatic heterocycles. The molecule has 0 aliphatic rings. The van der Waals surface area contributed by atoms with Crippen LogP contribution in [0, 0.1) is 0 Å². The molecular formula is C13H13ClN2OS. The highest BCUT2D eigenvalue weighted by Crippen LogP contribution is 2.24. The van der Waals surface area contributed by atoms with Crippen molar-refractivity contribution >= 4 is 34.0 Å². The van der Waals surface area contributed by atoms with Crippen LogP contribution in [0.2, 0.25) is 0 Å². The minimum Gasteiger partial charge on any atom is -0.302 e. The van der Waals surface area contributed by atoms with Crippen molar-refractivity contribution in [3.63, 3.8) is 0 Å². The number of rotatable bonds is 5. The molecule has 1 heterocycles. The number of carbonyl (C=O) groups is 1. The third kappa shape index (κ3) is 3.55. The van der Waals surface area contributed by atoms with E-state index in [1.54, 1.807) is 0 Å². The summed E-state index contributed by atoms with van der Waals surface area (Å²) in [7, 11) is 0. The van der Waals surface area contributed by atoms with Gasteiger partial charge in [0.2, 0.25) is 5.91 Å². The first-order chi connectivity index (χ1) is 8.79. The molecule has 0 unspecified atom stereocenters. The predicted octanol–water partition coefficient (Wildman–Crippen LogP) is 3.77. The number of nitrogens with one attached hydrogen (secondary N) is 1. The number of hydrogen-bond donors (Lipinski definition) is 1. The van der Waals surface area contributed by atoms with E-state index in [1.165, 1.54) is 11.3 Å². The third-order valence-corrected chi connectivity index (χ3v) is 3.38. The van der Waals surface area contributed by atoms with Gasteiger partial charge in [0.05, 0.1) is 5.69 Å². The van der Waals surface area contributed by atoms with Crippen molar-refractivity contribution in [3.05, 3.63) is 35.7 Å². The molecule has 18 heavy (non-hydrogen) atoms. The molecule has 2 rings (SSSR count). The molecule has 0 atom stereocenters. The van der Waals surface area contributed by atoms with Crippen molar-refractivity contribution in [2.75, 3.05) is 11.2 Å². The van der Waals surface area contributed by atoms with Crippen LogP contribution in [0.25, 0.3) is 11.3 Å². The Morgan fingerprint density at radius 2 is 2.11 bits per heavy atom. The van der Waals surface area contributed by atoms with Crippen LogP contribution < -0.4 is 5.32 Å². The molecule has 0 saturated carbocycles. The number of anilines is 1. The van der Waals surface area contributed by atoms with E-state index in [9.17, 15) is 4.79 Å². The van der Waals surface area contributed by atoms with Gasteiger partial charge in [0, 0.05) is 23.2 Å². The van der Waals surface area contributed by atoms with Gasteiger partial charge in [-0.2, -0.15) is 0 Å². The Balaban J connectivity index is 2.00. The minimum absolute atomic E-state index is 0.0374. The van der Waals surface area contributed by atoms with E-state index in [1.807, 2.05) is 35.7 Å². The number of hydrogen-bond acceptors (Lipinski definition) is 3. The minimum atomic E-state index is -0.0374. The maximum Gasteiger partial charge on any atom is 0.226 e. The molecule has 1 aromatic carbocycles. The summed E-state index contributed by atoms with van der Waals surface area (Å²) in [5, 5.41) is 5.35. The Bertz CT molecular complexity index is 513. The van der Waals surface area contributed by atoms with Crippen molar-refractivity contribution < 1.29 is 4.79 Å². The number of aromatic nitrogens is 1. The number of thiazole rings is 1. The zero-order chi connectivity index (χ0) is 12.8. The lowest BCUT2D eigenvalue weighted by molar-refractivity contribution is -0.116. The van der Waals surface area contributed by atoms with Crippen LogP contribution in [0.1, 0.15) is 12.8 Å². The number of amides is 1. The molecule has 1 aromatic heterocycles. The Labute approximate surface area is 115 Å². The second kappa shape index (κ2) is 6.52. The number of halogens is 1. The van der Waals surface area contributed by atoms with Crippen molar-refractivity contribution in [2.45, 2.75) is 12.8 Å². The summed E-state index contributed by atoms with van der Waals surface area (Å²) in [4.78, 5) is 15.9. The number of alkyl halides is 1. The average molecular weight is 281 g/mol. The molecule has 0 saturated heterocycles. The quantitative estimate of drug-likeness (QED) is 0.847. The van der Waals surface area contributed by atoms with E-state index in [0.717, 1.165) is 11.3 Å². The fourth-order valence-electron chi connectivity index (χ4n) is 1.48. The number of nitrogens with zero attached hydrogens (tertiary/aromatic N) is 1. The van der Waals surface area contributed by atoms with Crippen LogP contribution in [0.4, 0.5) is 5.13 Å². The van der Waals surface area contributed by atoms with E-state index in [2.05, 4.69) is 10.3 Å². The van der Waals surface area contributed by atoms with Crippen LogP contribution in [-0.4, -0.2) is 16.8 Å². The molecule has 0 aliphatic carbocycles. The number of benzene rings is 1. The van der Waals surface area contributed by atoms with Crippen molar-refractivity contribution in [3.8, 4) is 11.3 Å². The number of carbonyl (C=O) groups excluding carboxylic acids is 1. The Kier molecular flexibility index (Phi) is 4.73. The van der Waals surface area contributed by atoms with Crippen LogP contribution in [0.5, 0.6) is 0 Å². The van der Waals surface area contributed by atoms with Crippen LogP contribution >= 0.6 is 22.9 Å². The van der Waals surface area contributed by atoms with Gasteiger partial charge in [0.15, 0.2) is 5.13 Å². The van der Waals surface area contributed by atoms with E-state index < -0.39 is 0 Å². The van der Waals surface area contributed by atoms with E-state index in [-0.39, 0.29) is 5.91 Å². The summed E-state index contributed by atoms with van der Waals surface area (Å²) in [6.07, 6.45) is 1.12. The van der Waals surface area contributed by atoms with Gasteiger partial charge in [-0.1, -0.05) is 30.3 Å². The molecule has 1 N–H and O–H groups in total. The largest absolute Gasteiger partial charge is 0.302 e. The van der Waals surface area contributed by atoms with Gasteiger partial charge in [-0.05, 0) is 6.42 Å². The van der Waals surface area contributed by atoms with Gasteiger partial charge in [-0.25, -0.2) is 4.98 Å². The second-order valence-electron chi connectivity index (χ2n) is 3.74. The smallest absolute Gasteiger partial charge is 0.226 e. The van der Waals surface area contributed by atoms with Gasteiger partial charge < -0.3 is 5.32 Å². The van der Waals surface area contributed by atoms with Crippen molar-refractivity contribution in [1.29, 1.82) is 0 Å². The Hall–Kier alpha value is -1.39. The first-order valence-electron chi connectivity index (χ1n) is 5.66. The highest BCUT2D eigenvalue weighted by Gasteiger charge is 2.07. The molecule has 1 amide bonds. The zero-order valence-electron chi connectivity index (χ0n) is 9.73. The van der Waals surface area contributed by atoms with Gasteiger partial charge in [-0.15, -0.1) is 22.9 Å². The maximum atomic E-state index is 11.5. The molecule has 0 fully saturated rings. The lowest BCUT2D eigenvalue weighted by atomic mass is 10.2. The summed E-state index contributed by atoms with van der Waals surface area (Å²) in [5.41, 5.74) is 1.93. The van der Waals surface area contributed by atoms with Crippen LogP contribution in [-0.2, 0) is 4.79 Å². The molecule has 3 nitrogen and oxygen atoms in total. The Morgan fingerprint density at radius 3 is 2.83 bits per heavy atom. The fraction of sp³-hybridized carbons (Fsp3) is 0.231. The topological polar surface area (TPSA) is 42.0 Å². The highest BCUT2D eigenvalue weighted by atomic mass is 35.5. The molecule has 94 valence electrons. The highest BCUT2D eigenvalue weighted by molar-refractivity contribution is 7.14. The average Bonchev–Trinajstić information content (AvgIpc) is 2.86. The lowest BCUT2D eigenvalue weighted by Crippen LogP contribution is -2.10. The van der Waals surface area contributed by atoms with Crippen LogP contribution in [0.3, 0.4) is 0 Å². The van der Waals surface area contributed by atoms with E-state index in [4.69, 9.17) is 11.6 Å². The van der Waals surface area contributed by atoms with E-state index >= 15 is 0 Å². The predicted molar refractivity (Wildman–Crippen MR) is 76.1 cm³/mol.